The maximum atomic E-state index is 13.8. The van der Waals surface area contributed by atoms with Gasteiger partial charge in [-0.3, -0.25) is 19.8 Å². The average Bonchev–Trinajstić information content (AvgIpc) is 3.09. The monoisotopic (exact) mass is 491 g/mol. The van der Waals surface area contributed by atoms with Crippen molar-refractivity contribution in [1.82, 2.24) is 9.88 Å². The number of thiocarbonyl (C=S) groups is 1. The number of amides is 2. The number of methoxy groups -OCH3 is 1. The summed E-state index contributed by atoms with van der Waals surface area (Å²) < 4.78 is 20.6. The number of nitrogens with one attached hydrogen (secondary N) is 1. The van der Waals surface area contributed by atoms with Gasteiger partial charge < -0.3 is 9.30 Å². The molecular weight excluding hydrogens is 469 g/mol. The third-order valence-corrected chi connectivity index (χ3v) is 6.17. The Morgan fingerprint density at radius 1 is 1.09 bits per heavy atom. The number of aromatic nitrogens is 1. The van der Waals surface area contributed by atoms with E-state index in [4.69, 9.17) is 17.0 Å². The summed E-state index contributed by atoms with van der Waals surface area (Å²) in [7, 11) is 1.33. The first-order valence-electron chi connectivity index (χ1n) is 10.7. The number of nitrogens with zero attached hydrogens (tertiary/aromatic N) is 2. The Hall–Kier alpha value is -4.11. The minimum atomic E-state index is -0.655. The van der Waals surface area contributed by atoms with Crippen LogP contribution in [0.3, 0.4) is 0 Å². The van der Waals surface area contributed by atoms with Crippen molar-refractivity contribution in [2.75, 3.05) is 12.0 Å². The molecule has 9 heteroatoms. The molecule has 1 aromatic heterocycles. The number of aryl methyl sites for hydroxylation is 1. The van der Waals surface area contributed by atoms with E-state index < -0.39 is 23.6 Å². The number of hydrogen-bond acceptors (Lipinski definition) is 5. The van der Waals surface area contributed by atoms with E-state index in [2.05, 4.69) is 5.32 Å². The summed E-state index contributed by atoms with van der Waals surface area (Å²) in [5.74, 6) is -2.26. The van der Waals surface area contributed by atoms with Crippen LogP contribution in [-0.4, -0.2) is 34.6 Å². The van der Waals surface area contributed by atoms with Crippen molar-refractivity contribution in [2.24, 2.45) is 0 Å². The van der Waals surface area contributed by atoms with Gasteiger partial charge in [-0.2, -0.15) is 0 Å². The minimum absolute atomic E-state index is 0.122. The van der Waals surface area contributed by atoms with Crippen LogP contribution in [0.5, 0.6) is 0 Å². The normalized spacial score (nSPS) is 14.9. The molecule has 1 saturated heterocycles. The van der Waals surface area contributed by atoms with Crippen LogP contribution in [0.15, 0.2) is 54.1 Å². The molecule has 2 aromatic carbocycles. The Morgan fingerprint density at radius 3 is 2.49 bits per heavy atom. The van der Waals surface area contributed by atoms with Gasteiger partial charge in [0.15, 0.2) is 5.11 Å². The molecular formula is C26H22FN3O4S. The van der Waals surface area contributed by atoms with Crippen LogP contribution in [0.4, 0.5) is 10.1 Å². The summed E-state index contributed by atoms with van der Waals surface area (Å²) in [5.41, 5.74) is 4.25. The molecule has 0 bridgehead atoms. The highest BCUT2D eigenvalue weighted by molar-refractivity contribution is 7.80. The zero-order chi connectivity index (χ0) is 25.4. The number of carbonyl (C=O) groups excluding carboxylic acids is 3. The number of anilines is 1. The van der Waals surface area contributed by atoms with E-state index in [1.54, 1.807) is 12.1 Å². The van der Waals surface area contributed by atoms with E-state index in [1.807, 2.05) is 37.5 Å². The first kappa shape index (κ1) is 24.0. The smallest absolute Gasteiger partial charge is 0.338 e. The van der Waals surface area contributed by atoms with Crippen LogP contribution in [0.25, 0.3) is 11.8 Å². The highest BCUT2D eigenvalue weighted by Gasteiger charge is 2.35. The average molecular weight is 492 g/mol. The Bertz CT molecular complexity index is 1440. The molecule has 178 valence electrons. The molecule has 3 aromatic rings. The number of rotatable bonds is 4. The number of esters is 1. The van der Waals surface area contributed by atoms with Crippen molar-refractivity contribution in [3.8, 4) is 5.69 Å². The van der Waals surface area contributed by atoms with Crippen LogP contribution in [0, 0.1) is 26.6 Å². The van der Waals surface area contributed by atoms with E-state index in [0.717, 1.165) is 27.5 Å². The second-order valence-electron chi connectivity index (χ2n) is 8.04. The predicted molar refractivity (Wildman–Crippen MR) is 134 cm³/mol. The van der Waals surface area contributed by atoms with Crippen molar-refractivity contribution in [1.29, 1.82) is 0 Å². The molecule has 0 spiro atoms. The zero-order valence-electron chi connectivity index (χ0n) is 19.5. The first-order valence-corrected chi connectivity index (χ1v) is 11.1. The molecule has 0 radical (unpaired) electrons. The van der Waals surface area contributed by atoms with Gasteiger partial charge in [-0.05, 0) is 86.6 Å². The molecule has 35 heavy (non-hydrogen) atoms. The minimum Gasteiger partial charge on any atom is -0.465 e. The molecule has 2 heterocycles. The fourth-order valence-electron chi connectivity index (χ4n) is 4.16. The molecule has 7 nitrogen and oxygen atoms in total. The van der Waals surface area contributed by atoms with Crippen molar-refractivity contribution in [3.63, 3.8) is 0 Å². The summed E-state index contributed by atoms with van der Waals surface area (Å²) in [6.45, 7) is 5.56. The molecule has 1 N–H and O–H groups in total. The van der Waals surface area contributed by atoms with E-state index >= 15 is 0 Å². The molecule has 0 aliphatic carbocycles. The molecule has 1 aliphatic rings. The quantitative estimate of drug-likeness (QED) is 0.257. The largest absolute Gasteiger partial charge is 0.465 e. The summed E-state index contributed by atoms with van der Waals surface area (Å²) >= 11 is 5.18. The summed E-state index contributed by atoms with van der Waals surface area (Å²) in [6.07, 6.45) is 1.49. The van der Waals surface area contributed by atoms with Gasteiger partial charge in [0.1, 0.15) is 11.4 Å². The van der Waals surface area contributed by atoms with Gasteiger partial charge in [0.25, 0.3) is 11.8 Å². The summed E-state index contributed by atoms with van der Waals surface area (Å²) in [5, 5.41) is 2.38. The number of ether oxygens (including phenoxy) is 1. The standard InChI is InChI=1S/C26H22FN3O4S/c1-14-11-17(16(3)29(14)22-10-6-9-20(15(22)2)25(33)34-4)12-21-23(31)28-26(35)30(24(21)32)19-8-5-7-18(27)13-19/h5-13H,1-4H3,(H,28,31,35)/b21-12-. The third-order valence-electron chi connectivity index (χ3n) is 5.89. The van der Waals surface area contributed by atoms with Gasteiger partial charge in [0.2, 0.25) is 0 Å². The summed E-state index contributed by atoms with van der Waals surface area (Å²) in [4.78, 5) is 39.2. The Kier molecular flexibility index (Phi) is 6.36. The number of benzene rings is 2. The van der Waals surface area contributed by atoms with E-state index in [0.29, 0.717) is 11.1 Å². The summed E-state index contributed by atoms with van der Waals surface area (Å²) in [6, 6.07) is 12.6. The topological polar surface area (TPSA) is 80.6 Å². The molecule has 0 unspecified atom stereocenters. The highest BCUT2D eigenvalue weighted by atomic mass is 32.1. The maximum Gasteiger partial charge on any atom is 0.338 e. The highest BCUT2D eigenvalue weighted by Crippen LogP contribution is 2.28. The van der Waals surface area contributed by atoms with E-state index in [9.17, 15) is 18.8 Å². The zero-order valence-corrected chi connectivity index (χ0v) is 20.3. The van der Waals surface area contributed by atoms with E-state index in [-0.39, 0.29) is 16.4 Å². The lowest BCUT2D eigenvalue weighted by molar-refractivity contribution is -0.122. The van der Waals surface area contributed by atoms with Crippen LogP contribution in [-0.2, 0) is 14.3 Å². The lowest BCUT2D eigenvalue weighted by atomic mass is 10.1. The van der Waals surface area contributed by atoms with Crippen molar-refractivity contribution < 1.29 is 23.5 Å². The molecule has 0 atom stereocenters. The Morgan fingerprint density at radius 2 is 1.80 bits per heavy atom. The molecule has 2 amide bonds. The predicted octanol–water partition coefficient (Wildman–Crippen LogP) is 4.16. The van der Waals surface area contributed by atoms with Gasteiger partial charge in [-0.15, -0.1) is 0 Å². The molecule has 1 fully saturated rings. The van der Waals surface area contributed by atoms with Crippen molar-refractivity contribution >= 4 is 46.9 Å². The molecule has 0 saturated carbocycles. The number of hydrogen-bond donors (Lipinski definition) is 1. The van der Waals surface area contributed by atoms with Gasteiger partial charge in [0, 0.05) is 17.1 Å². The Balaban J connectivity index is 1.79. The van der Waals surface area contributed by atoms with Crippen LogP contribution in [0.2, 0.25) is 0 Å². The van der Waals surface area contributed by atoms with Crippen LogP contribution < -0.4 is 10.2 Å². The second-order valence-corrected chi connectivity index (χ2v) is 8.43. The fourth-order valence-corrected chi connectivity index (χ4v) is 4.44. The fraction of sp³-hybridized carbons (Fsp3) is 0.154. The lowest BCUT2D eigenvalue weighted by Gasteiger charge is -2.28. The van der Waals surface area contributed by atoms with Gasteiger partial charge in [-0.1, -0.05) is 12.1 Å². The number of halogens is 1. The maximum absolute atomic E-state index is 13.8. The van der Waals surface area contributed by atoms with Gasteiger partial charge in [0.05, 0.1) is 18.4 Å². The number of carbonyl (C=O) groups is 3. The Labute approximate surface area is 206 Å². The van der Waals surface area contributed by atoms with Gasteiger partial charge >= 0.3 is 5.97 Å². The third kappa shape index (κ3) is 4.26. The van der Waals surface area contributed by atoms with Gasteiger partial charge in [-0.25, -0.2) is 9.18 Å². The van der Waals surface area contributed by atoms with Crippen LogP contribution in [0.1, 0.15) is 32.9 Å². The van der Waals surface area contributed by atoms with E-state index in [1.165, 1.54) is 37.5 Å². The molecule has 4 rings (SSSR count). The lowest BCUT2D eigenvalue weighted by Crippen LogP contribution is -2.54. The molecule has 1 aliphatic heterocycles. The first-order chi connectivity index (χ1) is 16.6. The van der Waals surface area contributed by atoms with Crippen molar-refractivity contribution in [3.05, 3.63) is 88.0 Å². The van der Waals surface area contributed by atoms with Crippen LogP contribution >= 0.6 is 12.2 Å². The second kappa shape index (κ2) is 9.27. The SMILES string of the molecule is COC(=O)c1cccc(-n2c(C)cc(/C=C3/C(=O)NC(=S)N(c4cccc(F)c4)C3=O)c2C)c1C. The van der Waals surface area contributed by atoms with Crippen molar-refractivity contribution in [2.45, 2.75) is 20.8 Å².